The number of carbonyl (C=O) groups excluding carboxylic acids is 2. The van der Waals surface area contributed by atoms with Gasteiger partial charge in [-0.15, -0.1) is 0 Å². The third kappa shape index (κ3) is 6.24. The number of nitrogens with one attached hydrogen (secondary N) is 2. The van der Waals surface area contributed by atoms with Crippen LogP contribution in [0, 0.1) is 0 Å². The molecule has 0 aromatic heterocycles. The van der Waals surface area contributed by atoms with Gasteiger partial charge in [0, 0.05) is 11.4 Å². The van der Waals surface area contributed by atoms with Crippen molar-refractivity contribution in [3.63, 3.8) is 0 Å². The van der Waals surface area contributed by atoms with Crippen molar-refractivity contribution < 1.29 is 19.1 Å². The molecule has 3 rings (SSSR count). The number of carbonyl (C=O) groups is 2. The number of anilines is 2. The molecule has 2 amide bonds. The summed E-state index contributed by atoms with van der Waals surface area (Å²) in [6.45, 7) is 5.29. The second kappa shape index (κ2) is 8.65. The van der Waals surface area contributed by atoms with Crippen LogP contribution >= 0.6 is 0 Å². The van der Waals surface area contributed by atoms with E-state index in [9.17, 15) is 9.59 Å². The molecule has 0 saturated carbocycles. The fourth-order valence-electron chi connectivity index (χ4n) is 2.66. The average Bonchev–Trinajstić information content (AvgIpc) is 2.66. The second-order valence-electron chi connectivity index (χ2n) is 7.55. The molecule has 0 atom stereocenters. The summed E-state index contributed by atoms with van der Waals surface area (Å²) in [4.78, 5) is 23.9. The number of rotatable bonds is 5. The SMILES string of the molecule is CC(C)(C)OC(=O)Nc1ccc(NC(=O)COc2ccc3ccccc3c2)cc1. The maximum atomic E-state index is 12.1. The van der Waals surface area contributed by atoms with Crippen LogP contribution in [0.5, 0.6) is 5.75 Å². The van der Waals surface area contributed by atoms with Gasteiger partial charge in [-0.25, -0.2) is 4.79 Å². The lowest BCUT2D eigenvalue weighted by Gasteiger charge is -2.19. The highest BCUT2D eigenvalue weighted by Gasteiger charge is 2.16. The van der Waals surface area contributed by atoms with Crippen molar-refractivity contribution in [2.24, 2.45) is 0 Å². The van der Waals surface area contributed by atoms with E-state index in [-0.39, 0.29) is 12.5 Å². The topological polar surface area (TPSA) is 76.7 Å². The third-order valence-corrected chi connectivity index (χ3v) is 3.90. The maximum absolute atomic E-state index is 12.1. The molecule has 0 fully saturated rings. The number of fused-ring (bicyclic) bond motifs is 1. The Morgan fingerprint density at radius 1 is 0.828 bits per heavy atom. The summed E-state index contributed by atoms with van der Waals surface area (Å²) >= 11 is 0. The highest BCUT2D eigenvalue weighted by molar-refractivity contribution is 5.92. The van der Waals surface area contributed by atoms with Crippen LogP contribution in [0.2, 0.25) is 0 Å². The molecule has 0 unspecified atom stereocenters. The number of hydrogen-bond acceptors (Lipinski definition) is 4. The van der Waals surface area contributed by atoms with Gasteiger partial charge in [-0.1, -0.05) is 30.3 Å². The highest BCUT2D eigenvalue weighted by atomic mass is 16.6. The zero-order valence-corrected chi connectivity index (χ0v) is 16.7. The Morgan fingerprint density at radius 3 is 2.10 bits per heavy atom. The van der Waals surface area contributed by atoms with E-state index in [4.69, 9.17) is 9.47 Å². The summed E-state index contributed by atoms with van der Waals surface area (Å²) in [6, 6.07) is 20.4. The van der Waals surface area contributed by atoms with Gasteiger partial charge in [-0.05, 0) is 67.9 Å². The van der Waals surface area contributed by atoms with E-state index in [1.807, 2.05) is 42.5 Å². The predicted octanol–water partition coefficient (Wildman–Crippen LogP) is 5.20. The average molecular weight is 392 g/mol. The van der Waals surface area contributed by atoms with E-state index >= 15 is 0 Å². The van der Waals surface area contributed by atoms with Crippen LogP contribution in [0.1, 0.15) is 20.8 Å². The van der Waals surface area contributed by atoms with Gasteiger partial charge in [0.25, 0.3) is 5.91 Å². The van der Waals surface area contributed by atoms with E-state index in [1.54, 1.807) is 45.0 Å². The smallest absolute Gasteiger partial charge is 0.412 e. The molecule has 0 radical (unpaired) electrons. The highest BCUT2D eigenvalue weighted by Crippen LogP contribution is 2.21. The number of benzene rings is 3. The van der Waals surface area contributed by atoms with Crippen molar-refractivity contribution in [2.45, 2.75) is 26.4 Å². The monoisotopic (exact) mass is 392 g/mol. The first-order chi connectivity index (χ1) is 13.8. The van der Waals surface area contributed by atoms with Gasteiger partial charge in [-0.3, -0.25) is 10.1 Å². The van der Waals surface area contributed by atoms with Crippen LogP contribution in [0.15, 0.2) is 66.7 Å². The number of amides is 2. The minimum Gasteiger partial charge on any atom is -0.484 e. The molecular weight excluding hydrogens is 368 g/mol. The molecule has 0 heterocycles. The first-order valence-corrected chi connectivity index (χ1v) is 9.30. The molecule has 0 spiro atoms. The van der Waals surface area contributed by atoms with Crippen LogP contribution in [-0.2, 0) is 9.53 Å². The summed E-state index contributed by atoms with van der Waals surface area (Å²) in [6.07, 6.45) is -0.530. The van der Waals surface area contributed by atoms with Crippen molar-refractivity contribution in [2.75, 3.05) is 17.2 Å². The van der Waals surface area contributed by atoms with Crippen LogP contribution < -0.4 is 15.4 Å². The minimum atomic E-state index is -0.566. The van der Waals surface area contributed by atoms with E-state index in [1.165, 1.54) is 0 Å². The molecule has 6 nitrogen and oxygen atoms in total. The normalized spacial score (nSPS) is 11.0. The van der Waals surface area contributed by atoms with Gasteiger partial charge >= 0.3 is 6.09 Å². The molecule has 0 aliphatic carbocycles. The van der Waals surface area contributed by atoms with Crippen LogP contribution in [0.25, 0.3) is 10.8 Å². The Morgan fingerprint density at radius 2 is 1.45 bits per heavy atom. The molecule has 0 saturated heterocycles. The van der Waals surface area contributed by atoms with E-state index in [0.717, 1.165) is 10.8 Å². The first-order valence-electron chi connectivity index (χ1n) is 9.30. The summed E-state index contributed by atoms with van der Waals surface area (Å²) < 4.78 is 10.8. The van der Waals surface area contributed by atoms with Crippen molar-refractivity contribution in [3.05, 3.63) is 66.7 Å². The van der Waals surface area contributed by atoms with Gasteiger partial charge in [0.1, 0.15) is 11.4 Å². The summed E-state index contributed by atoms with van der Waals surface area (Å²) in [5, 5.41) is 7.57. The van der Waals surface area contributed by atoms with Crippen molar-refractivity contribution in [1.82, 2.24) is 0 Å². The number of hydrogen-bond donors (Lipinski definition) is 2. The summed E-state index contributed by atoms with van der Waals surface area (Å²) in [7, 11) is 0. The lowest BCUT2D eigenvalue weighted by atomic mass is 10.1. The van der Waals surface area contributed by atoms with Crippen molar-refractivity contribution in [1.29, 1.82) is 0 Å². The predicted molar refractivity (Wildman–Crippen MR) is 114 cm³/mol. The Hall–Kier alpha value is -3.54. The maximum Gasteiger partial charge on any atom is 0.412 e. The Bertz CT molecular complexity index is 1010. The van der Waals surface area contributed by atoms with E-state index in [0.29, 0.717) is 17.1 Å². The van der Waals surface area contributed by atoms with Crippen LogP contribution in [-0.4, -0.2) is 24.2 Å². The standard InChI is InChI=1S/C23H24N2O4/c1-23(2,3)29-22(27)25-19-11-9-18(10-12-19)24-21(26)15-28-20-13-8-16-6-4-5-7-17(16)14-20/h4-14H,15H2,1-3H3,(H,24,26)(H,25,27). The fourth-order valence-corrected chi connectivity index (χ4v) is 2.66. The van der Waals surface area contributed by atoms with Crippen molar-refractivity contribution in [3.8, 4) is 5.75 Å². The molecule has 0 aliphatic rings. The Labute approximate surface area is 169 Å². The number of ether oxygens (including phenoxy) is 2. The van der Waals surface area contributed by atoms with Crippen LogP contribution in [0.3, 0.4) is 0 Å². The van der Waals surface area contributed by atoms with E-state index in [2.05, 4.69) is 10.6 Å². The lowest BCUT2D eigenvalue weighted by Crippen LogP contribution is -2.27. The lowest BCUT2D eigenvalue weighted by molar-refractivity contribution is -0.118. The molecule has 0 bridgehead atoms. The van der Waals surface area contributed by atoms with Gasteiger partial charge in [0.2, 0.25) is 0 Å². The third-order valence-electron chi connectivity index (χ3n) is 3.90. The molecule has 2 N–H and O–H groups in total. The summed E-state index contributed by atoms with van der Waals surface area (Å²) in [5.41, 5.74) is 0.611. The second-order valence-corrected chi connectivity index (χ2v) is 7.55. The zero-order chi connectivity index (χ0) is 20.9. The van der Waals surface area contributed by atoms with Crippen molar-refractivity contribution >= 4 is 34.1 Å². The molecular formula is C23H24N2O4. The quantitative estimate of drug-likeness (QED) is 0.625. The summed E-state index contributed by atoms with van der Waals surface area (Å²) in [5.74, 6) is 0.363. The zero-order valence-electron chi connectivity index (χ0n) is 16.7. The molecule has 0 aliphatic heterocycles. The molecule has 3 aromatic rings. The van der Waals surface area contributed by atoms with Gasteiger partial charge in [0.15, 0.2) is 6.61 Å². The Kier molecular flexibility index (Phi) is 6.02. The molecule has 150 valence electrons. The van der Waals surface area contributed by atoms with Crippen LogP contribution in [0.4, 0.5) is 16.2 Å². The molecule has 29 heavy (non-hydrogen) atoms. The molecule has 3 aromatic carbocycles. The van der Waals surface area contributed by atoms with E-state index < -0.39 is 11.7 Å². The van der Waals surface area contributed by atoms with Gasteiger partial charge in [0.05, 0.1) is 0 Å². The fraction of sp³-hybridized carbons (Fsp3) is 0.217. The van der Waals surface area contributed by atoms with Gasteiger partial charge < -0.3 is 14.8 Å². The largest absolute Gasteiger partial charge is 0.484 e. The molecule has 6 heteroatoms. The Balaban J connectivity index is 1.50. The first kappa shape index (κ1) is 20.2. The van der Waals surface area contributed by atoms with Gasteiger partial charge in [-0.2, -0.15) is 0 Å². The minimum absolute atomic E-state index is 0.101.